The minimum absolute atomic E-state index is 0.0899. The van der Waals surface area contributed by atoms with E-state index in [1.165, 1.54) is 4.90 Å². The number of allylic oxidation sites excluding steroid dienone is 1. The molecule has 51 heavy (non-hydrogen) atoms. The molecule has 1 N–H and O–H groups in total. The lowest BCUT2D eigenvalue weighted by molar-refractivity contribution is -0.164. The number of hydrogen-bond donors (Lipinski definition) is 1. The maximum Gasteiger partial charge on any atom is 0.313 e. The largest absolute Gasteiger partial charge is 0.455 e. The first-order valence-corrected chi connectivity index (χ1v) is 18.1. The van der Waals surface area contributed by atoms with Gasteiger partial charge in [-0.05, 0) is 69.9 Å². The van der Waals surface area contributed by atoms with Gasteiger partial charge in [0.2, 0.25) is 11.8 Å². The number of carbonyl (C=O) groups is 4. The van der Waals surface area contributed by atoms with Gasteiger partial charge in [-0.25, -0.2) is 0 Å². The molecule has 7 atom stereocenters. The number of benzene rings is 2. The molecule has 3 saturated heterocycles. The van der Waals surface area contributed by atoms with E-state index in [1.807, 2.05) is 61.5 Å². The van der Waals surface area contributed by atoms with Gasteiger partial charge in [0.15, 0.2) is 0 Å². The highest BCUT2D eigenvalue weighted by atomic mass is 16.6. The lowest BCUT2D eigenvalue weighted by Gasteiger charge is -2.37. The second-order valence-electron chi connectivity index (χ2n) is 13.6. The monoisotopic (exact) mass is 700 g/mol. The van der Waals surface area contributed by atoms with E-state index in [4.69, 9.17) is 9.47 Å². The van der Waals surface area contributed by atoms with Gasteiger partial charge in [0.1, 0.15) is 17.7 Å². The third-order valence-electron chi connectivity index (χ3n) is 10.9. The minimum atomic E-state index is -1.27. The summed E-state index contributed by atoms with van der Waals surface area (Å²) < 4.78 is 12.9. The second-order valence-corrected chi connectivity index (χ2v) is 13.6. The number of likely N-dealkylation sites (N-methyl/N-ethyl adjacent to an activating group) is 1. The van der Waals surface area contributed by atoms with Crippen molar-refractivity contribution >= 4 is 35.1 Å². The van der Waals surface area contributed by atoms with Crippen LogP contribution in [0, 0.1) is 11.8 Å². The number of aliphatic hydroxyl groups excluding tert-OH is 1. The fourth-order valence-corrected chi connectivity index (χ4v) is 8.20. The molecule has 2 aromatic rings. The molecule has 2 aromatic carbocycles. The Balaban J connectivity index is 1.46. The Morgan fingerprint density at radius 3 is 2.33 bits per heavy atom. The van der Waals surface area contributed by atoms with E-state index in [2.05, 4.69) is 31.9 Å². The van der Waals surface area contributed by atoms with Crippen LogP contribution >= 0.6 is 0 Å². The number of likely N-dealkylation sites (tertiary alicyclic amines) is 1. The Labute approximate surface area is 301 Å². The molecule has 274 valence electrons. The predicted molar refractivity (Wildman–Crippen MR) is 196 cm³/mol. The van der Waals surface area contributed by atoms with E-state index in [0.29, 0.717) is 30.5 Å². The fourth-order valence-electron chi connectivity index (χ4n) is 8.20. The highest BCUT2D eigenvalue weighted by Crippen LogP contribution is 2.59. The van der Waals surface area contributed by atoms with Crippen LogP contribution in [0.4, 0.5) is 11.4 Å². The van der Waals surface area contributed by atoms with Crippen LogP contribution in [-0.4, -0.2) is 102 Å². The summed E-state index contributed by atoms with van der Waals surface area (Å²) in [5, 5.41) is 10.1. The van der Waals surface area contributed by atoms with Gasteiger partial charge in [0.05, 0.1) is 30.6 Å². The maximum absolute atomic E-state index is 14.7. The van der Waals surface area contributed by atoms with Crippen LogP contribution in [-0.2, 0) is 28.7 Å². The molecule has 0 aromatic heterocycles. The zero-order chi connectivity index (χ0) is 36.9. The Morgan fingerprint density at radius 2 is 1.73 bits per heavy atom. The Morgan fingerprint density at radius 1 is 1.06 bits per heavy atom. The van der Waals surface area contributed by atoms with Crippen molar-refractivity contribution in [2.75, 3.05) is 49.6 Å². The SMILES string of the molecule is C=CCCC(=O)N(C)[C@@H](C)[C@@H](OC(=O)[C@@H]1[C@H]2C(=O)N(CCO)[C@H](C(=O)N(CC=C)c3ccc(N(CC)CC)cc3)[C@]23CC[C@H]1O3)c1ccccc1. The number of anilines is 2. The third-order valence-corrected chi connectivity index (χ3v) is 10.9. The molecule has 3 aliphatic rings. The Hall–Kier alpha value is -4.48. The van der Waals surface area contributed by atoms with Gasteiger partial charge in [0, 0.05) is 51.0 Å². The summed E-state index contributed by atoms with van der Waals surface area (Å²) in [6, 6.07) is 15.3. The molecule has 11 nitrogen and oxygen atoms in total. The summed E-state index contributed by atoms with van der Waals surface area (Å²) in [5.74, 6) is -3.44. The first-order chi connectivity index (χ1) is 24.6. The molecule has 3 fully saturated rings. The highest BCUT2D eigenvalue weighted by molar-refractivity contribution is 6.04. The van der Waals surface area contributed by atoms with Crippen LogP contribution in [0.5, 0.6) is 0 Å². The van der Waals surface area contributed by atoms with Crippen molar-refractivity contribution in [3.05, 3.63) is 85.5 Å². The van der Waals surface area contributed by atoms with Crippen molar-refractivity contribution in [2.24, 2.45) is 11.8 Å². The molecule has 11 heteroatoms. The molecule has 0 unspecified atom stereocenters. The van der Waals surface area contributed by atoms with Crippen molar-refractivity contribution in [3.8, 4) is 0 Å². The fraction of sp³-hybridized carbons (Fsp3) is 0.500. The number of rotatable bonds is 17. The molecule has 0 saturated carbocycles. The first kappa shape index (κ1) is 37.8. The zero-order valence-corrected chi connectivity index (χ0v) is 30.3. The van der Waals surface area contributed by atoms with Crippen LogP contribution in [0.15, 0.2) is 79.9 Å². The number of nitrogens with zero attached hydrogens (tertiary/aromatic N) is 4. The van der Waals surface area contributed by atoms with Crippen molar-refractivity contribution in [2.45, 2.75) is 76.3 Å². The quantitative estimate of drug-likeness (QED) is 0.189. The molecule has 0 radical (unpaired) electrons. The van der Waals surface area contributed by atoms with Crippen molar-refractivity contribution in [1.82, 2.24) is 9.80 Å². The van der Waals surface area contributed by atoms with Gasteiger partial charge in [-0.3, -0.25) is 19.2 Å². The summed E-state index contributed by atoms with van der Waals surface area (Å²) >= 11 is 0. The third kappa shape index (κ3) is 7.06. The molecule has 3 amide bonds. The summed E-state index contributed by atoms with van der Waals surface area (Å²) in [6.45, 7) is 15.0. The van der Waals surface area contributed by atoms with Crippen LogP contribution in [0.1, 0.15) is 58.1 Å². The smallest absolute Gasteiger partial charge is 0.313 e. The minimum Gasteiger partial charge on any atom is -0.455 e. The standard InChI is InChI=1S/C40H52N4O7/c1-7-11-17-32(46)41(6)27(5)35(28-15-13-12-14-16-28)50-39(49)33-31-22-23-40(51-31)34(33)37(47)44(25-26-45)36(40)38(48)43(24-8-2)30-20-18-29(19-21-30)42(9-3)10-4/h7-8,12-16,18-21,27,31,33-36,45H,1-2,9-11,17,22-26H2,3-6H3/t27-,31+,33-,34-,35+,36+,40-/m0/s1. The van der Waals surface area contributed by atoms with E-state index in [-0.39, 0.29) is 37.9 Å². The average molecular weight is 701 g/mol. The molecular formula is C40H52N4O7. The van der Waals surface area contributed by atoms with Gasteiger partial charge in [-0.15, -0.1) is 13.2 Å². The van der Waals surface area contributed by atoms with Crippen molar-refractivity contribution in [1.29, 1.82) is 0 Å². The molecule has 3 aliphatic heterocycles. The van der Waals surface area contributed by atoms with E-state index in [0.717, 1.165) is 18.8 Å². The molecule has 0 aliphatic carbocycles. The molecule has 3 heterocycles. The first-order valence-electron chi connectivity index (χ1n) is 18.1. The van der Waals surface area contributed by atoms with Gasteiger partial charge in [-0.1, -0.05) is 42.5 Å². The van der Waals surface area contributed by atoms with E-state index < -0.39 is 53.6 Å². The van der Waals surface area contributed by atoms with Crippen LogP contribution in [0.2, 0.25) is 0 Å². The van der Waals surface area contributed by atoms with Gasteiger partial charge < -0.3 is 34.2 Å². The molecular weight excluding hydrogens is 648 g/mol. The van der Waals surface area contributed by atoms with Crippen LogP contribution in [0.25, 0.3) is 0 Å². The molecule has 1 spiro atoms. The number of carbonyl (C=O) groups excluding carboxylic acids is 4. The number of hydrogen-bond acceptors (Lipinski definition) is 8. The van der Waals surface area contributed by atoms with E-state index >= 15 is 0 Å². The topological polar surface area (TPSA) is 120 Å². The number of fused-ring (bicyclic) bond motifs is 1. The van der Waals surface area contributed by atoms with Crippen molar-refractivity contribution < 1.29 is 33.8 Å². The highest BCUT2D eigenvalue weighted by Gasteiger charge is 2.75. The number of aliphatic hydroxyl groups is 1. The second kappa shape index (κ2) is 16.2. The predicted octanol–water partition coefficient (Wildman–Crippen LogP) is 4.52. The normalized spacial score (nSPS) is 24.4. The van der Waals surface area contributed by atoms with Gasteiger partial charge in [0.25, 0.3) is 5.91 Å². The average Bonchev–Trinajstić information content (AvgIpc) is 3.79. The number of amides is 3. The van der Waals surface area contributed by atoms with Crippen LogP contribution in [0.3, 0.4) is 0 Å². The summed E-state index contributed by atoms with van der Waals surface area (Å²) in [4.78, 5) is 63.2. The summed E-state index contributed by atoms with van der Waals surface area (Å²) in [7, 11) is 1.69. The van der Waals surface area contributed by atoms with Gasteiger partial charge >= 0.3 is 5.97 Å². The number of β-amino-alcohol motifs (C(OH)–C–C–N with tert-alkyl or cyclic N) is 1. The molecule has 5 rings (SSSR count). The van der Waals surface area contributed by atoms with E-state index in [1.54, 1.807) is 29.0 Å². The zero-order valence-electron chi connectivity index (χ0n) is 30.3. The van der Waals surface area contributed by atoms with Crippen LogP contribution < -0.4 is 9.80 Å². The van der Waals surface area contributed by atoms with Gasteiger partial charge in [-0.2, -0.15) is 0 Å². The summed E-state index contributed by atoms with van der Waals surface area (Å²) in [5.41, 5.74) is 1.10. The lowest BCUT2D eigenvalue weighted by Crippen LogP contribution is -2.56. The lowest BCUT2D eigenvalue weighted by atomic mass is 9.70. The number of esters is 1. The Kier molecular flexibility index (Phi) is 12.0. The Bertz CT molecular complexity index is 1580. The molecule has 2 bridgehead atoms. The summed E-state index contributed by atoms with van der Waals surface area (Å²) in [6.07, 6.45) is 3.53. The number of ether oxygens (including phenoxy) is 2. The maximum atomic E-state index is 14.7. The van der Waals surface area contributed by atoms with E-state index in [9.17, 15) is 24.3 Å². The van der Waals surface area contributed by atoms with Crippen molar-refractivity contribution in [3.63, 3.8) is 0 Å².